The maximum Gasteiger partial charge on any atom is 0.254 e. The highest BCUT2D eigenvalue weighted by atomic mass is 16.2. The number of fused-ring (bicyclic) bond motifs is 1. The van der Waals surface area contributed by atoms with Gasteiger partial charge in [-0.15, -0.1) is 0 Å². The van der Waals surface area contributed by atoms with Crippen molar-refractivity contribution < 1.29 is 9.59 Å². The predicted molar refractivity (Wildman–Crippen MR) is 137 cm³/mol. The number of carbonyl (C=O) groups is 2. The zero-order valence-electron chi connectivity index (χ0n) is 20.0. The van der Waals surface area contributed by atoms with E-state index in [1.165, 1.54) is 5.39 Å². The summed E-state index contributed by atoms with van der Waals surface area (Å²) in [6.07, 6.45) is 3.16. The van der Waals surface area contributed by atoms with Crippen molar-refractivity contribution in [3.05, 3.63) is 107 Å². The molecule has 0 saturated carbocycles. The lowest BCUT2D eigenvalue weighted by Gasteiger charge is -2.28. The van der Waals surface area contributed by atoms with Crippen molar-refractivity contribution in [3.8, 4) is 0 Å². The molecule has 174 valence electrons. The summed E-state index contributed by atoms with van der Waals surface area (Å²) in [6, 6.07) is 23.1. The van der Waals surface area contributed by atoms with Crippen molar-refractivity contribution in [2.24, 2.45) is 0 Å². The van der Waals surface area contributed by atoms with Crippen molar-refractivity contribution in [2.45, 2.75) is 32.7 Å². The number of amides is 2. The third-order valence-corrected chi connectivity index (χ3v) is 6.20. The molecule has 5 heteroatoms. The number of hydrogen-bond donors (Lipinski definition) is 2. The number of aryl methyl sites for hydroxylation is 2. The Balaban J connectivity index is 1.50. The van der Waals surface area contributed by atoms with Gasteiger partial charge in [-0.2, -0.15) is 0 Å². The zero-order valence-corrected chi connectivity index (χ0v) is 20.0. The van der Waals surface area contributed by atoms with Gasteiger partial charge in [-0.3, -0.25) is 9.59 Å². The fraction of sp³-hybridized carbons (Fsp3) is 0.241. The minimum atomic E-state index is -0.612. The van der Waals surface area contributed by atoms with Gasteiger partial charge in [-0.1, -0.05) is 65.7 Å². The van der Waals surface area contributed by atoms with Crippen LogP contribution in [0.4, 0.5) is 0 Å². The number of hydrogen-bond acceptors (Lipinski definition) is 2. The largest absolute Gasteiger partial charge is 0.361 e. The van der Waals surface area contributed by atoms with Gasteiger partial charge in [0.2, 0.25) is 5.91 Å². The Morgan fingerprint density at radius 2 is 1.62 bits per heavy atom. The third kappa shape index (κ3) is 5.37. The fourth-order valence-electron chi connectivity index (χ4n) is 4.46. The molecule has 0 aliphatic carbocycles. The summed E-state index contributed by atoms with van der Waals surface area (Å²) < 4.78 is 0. The molecule has 0 spiro atoms. The number of rotatable bonds is 8. The number of carbonyl (C=O) groups excluding carboxylic acids is 2. The summed E-state index contributed by atoms with van der Waals surface area (Å²) in [4.78, 5) is 31.5. The number of aromatic amines is 1. The molecular weight excluding hydrogens is 422 g/mol. The van der Waals surface area contributed by atoms with Gasteiger partial charge in [0.05, 0.1) is 0 Å². The Morgan fingerprint density at radius 1 is 0.941 bits per heavy atom. The molecule has 4 rings (SSSR count). The fourth-order valence-corrected chi connectivity index (χ4v) is 4.46. The van der Waals surface area contributed by atoms with Crippen LogP contribution >= 0.6 is 0 Å². The topological polar surface area (TPSA) is 65.2 Å². The van der Waals surface area contributed by atoms with Crippen molar-refractivity contribution in [1.82, 2.24) is 15.2 Å². The van der Waals surface area contributed by atoms with E-state index in [4.69, 9.17) is 0 Å². The monoisotopic (exact) mass is 453 g/mol. The lowest BCUT2D eigenvalue weighted by Crippen LogP contribution is -2.49. The van der Waals surface area contributed by atoms with Crippen molar-refractivity contribution in [2.75, 3.05) is 13.6 Å². The van der Waals surface area contributed by atoms with Crippen LogP contribution in [0.15, 0.2) is 79.0 Å². The molecule has 2 N–H and O–H groups in total. The lowest BCUT2D eigenvalue weighted by atomic mass is 10.0. The average Bonchev–Trinajstić information content (AvgIpc) is 3.24. The molecule has 1 heterocycles. The molecule has 1 atom stereocenters. The van der Waals surface area contributed by atoms with Crippen molar-refractivity contribution in [3.63, 3.8) is 0 Å². The predicted octanol–water partition coefficient (Wildman–Crippen LogP) is 4.83. The first-order chi connectivity index (χ1) is 16.4. The Labute approximate surface area is 200 Å². The van der Waals surface area contributed by atoms with Crippen LogP contribution in [-0.2, 0) is 17.6 Å². The minimum absolute atomic E-state index is 0.149. The average molecular weight is 454 g/mol. The molecule has 0 saturated heterocycles. The van der Waals surface area contributed by atoms with Gasteiger partial charge in [0.25, 0.3) is 5.91 Å². The number of para-hydroxylation sites is 1. The molecule has 0 bridgehead atoms. The third-order valence-electron chi connectivity index (χ3n) is 6.20. The quantitative estimate of drug-likeness (QED) is 0.401. The number of aromatic nitrogens is 1. The Hall–Kier alpha value is -3.86. The molecule has 0 aliphatic rings. The molecule has 1 aromatic heterocycles. The van der Waals surface area contributed by atoms with E-state index in [-0.39, 0.29) is 11.8 Å². The molecule has 0 unspecified atom stereocenters. The Bertz CT molecular complexity index is 1270. The van der Waals surface area contributed by atoms with Crippen LogP contribution in [0.5, 0.6) is 0 Å². The molecule has 4 aromatic rings. The molecule has 5 nitrogen and oxygen atoms in total. The summed E-state index contributed by atoms with van der Waals surface area (Å²) >= 11 is 0. The zero-order chi connectivity index (χ0) is 24.1. The van der Waals surface area contributed by atoms with Crippen LogP contribution < -0.4 is 5.32 Å². The standard InChI is InChI=1S/C29H31N3O2/c1-20-15-21(2)17-24(16-20)29(34)32(3)27(18-22-9-5-4-6-10-22)28(33)30-14-13-23-19-31-26-12-8-7-11-25(23)26/h4-12,15-17,19,27,31H,13-14,18H2,1-3H3,(H,30,33)/t27-/m0/s1. The van der Waals surface area contributed by atoms with E-state index >= 15 is 0 Å². The van der Waals surface area contributed by atoms with E-state index in [1.54, 1.807) is 11.9 Å². The van der Waals surface area contributed by atoms with E-state index < -0.39 is 6.04 Å². The van der Waals surface area contributed by atoms with E-state index in [0.717, 1.165) is 27.8 Å². The molecule has 0 aliphatic heterocycles. The molecule has 34 heavy (non-hydrogen) atoms. The molecule has 2 amide bonds. The summed E-state index contributed by atoms with van der Waals surface area (Å²) in [5.41, 5.74) is 5.92. The smallest absolute Gasteiger partial charge is 0.254 e. The molecule has 3 aromatic carbocycles. The van der Waals surface area contributed by atoms with Crippen LogP contribution in [0.25, 0.3) is 10.9 Å². The highest BCUT2D eigenvalue weighted by molar-refractivity contribution is 5.97. The summed E-state index contributed by atoms with van der Waals surface area (Å²) in [6.45, 7) is 4.45. The van der Waals surface area contributed by atoms with Crippen molar-refractivity contribution >= 4 is 22.7 Å². The second kappa shape index (κ2) is 10.4. The van der Waals surface area contributed by atoms with Gasteiger partial charge in [-0.25, -0.2) is 0 Å². The van der Waals surface area contributed by atoms with Crippen LogP contribution in [0, 0.1) is 13.8 Å². The first-order valence-corrected chi connectivity index (χ1v) is 11.6. The highest BCUT2D eigenvalue weighted by Gasteiger charge is 2.28. The van der Waals surface area contributed by atoms with Crippen LogP contribution in [0.2, 0.25) is 0 Å². The first-order valence-electron chi connectivity index (χ1n) is 11.6. The van der Waals surface area contributed by atoms with E-state index in [0.29, 0.717) is 24.9 Å². The van der Waals surface area contributed by atoms with Gasteiger partial charge in [0.15, 0.2) is 0 Å². The molecule has 0 radical (unpaired) electrons. The van der Waals surface area contributed by atoms with E-state index in [9.17, 15) is 9.59 Å². The van der Waals surface area contributed by atoms with E-state index in [2.05, 4.69) is 16.4 Å². The van der Waals surface area contributed by atoms with Gasteiger partial charge >= 0.3 is 0 Å². The van der Waals surface area contributed by atoms with E-state index in [1.807, 2.05) is 86.8 Å². The normalized spacial score (nSPS) is 11.9. The van der Waals surface area contributed by atoms with Gasteiger partial charge < -0.3 is 15.2 Å². The number of nitrogens with one attached hydrogen (secondary N) is 2. The van der Waals surface area contributed by atoms with Gasteiger partial charge in [-0.05, 0) is 49.6 Å². The van der Waals surface area contributed by atoms with Crippen molar-refractivity contribution in [1.29, 1.82) is 0 Å². The second-order valence-electron chi connectivity index (χ2n) is 8.90. The maximum atomic E-state index is 13.3. The lowest BCUT2D eigenvalue weighted by molar-refractivity contribution is -0.125. The minimum Gasteiger partial charge on any atom is -0.361 e. The Morgan fingerprint density at radius 3 is 2.35 bits per heavy atom. The second-order valence-corrected chi connectivity index (χ2v) is 8.90. The highest BCUT2D eigenvalue weighted by Crippen LogP contribution is 2.18. The molecule has 0 fully saturated rings. The number of benzene rings is 3. The summed E-state index contributed by atoms with van der Waals surface area (Å²) in [5.74, 6) is -0.302. The number of nitrogens with zero attached hydrogens (tertiary/aromatic N) is 1. The maximum absolute atomic E-state index is 13.3. The van der Waals surface area contributed by atoms with Crippen LogP contribution in [-0.4, -0.2) is 41.3 Å². The van der Waals surface area contributed by atoms with Crippen LogP contribution in [0.1, 0.15) is 32.6 Å². The summed E-state index contributed by atoms with van der Waals surface area (Å²) in [7, 11) is 1.72. The number of likely N-dealkylation sites (N-methyl/N-ethyl adjacent to an activating group) is 1. The SMILES string of the molecule is Cc1cc(C)cc(C(=O)N(C)[C@@H](Cc2ccccc2)C(=O)NCCc2c[nH]c3ccccc23)c1. The summed E-state index contributed by atoms with van der Waals surface area (Å²) in [5, 5.41) is 4.24. The first kappa shape index (κ1) is 23.3. The molecular formula is C29H31N3O2. The van der Waals surface area contributed by atoms with Gasteiger partial charge in [0.1, 0.15) is 6.04 Å². The number of H-pyrrole nitrogens is 1. The Kier molecular flexibility index (Phi) is 7.12. The van der Waals surface area contributed by atoms with Gasteiger partial charge in [0, 0.05) is 42.7 Å². The van der Waals surface area contributed by atoms with Crippen LogP contribution in [0.3, 0.4) is 0 Å².